The lowest BCUT2D eigenvalue weighted by Crippen LogP contribution is -2.40. The molecule has 0 saturated carbocycles. The molecular weight excluding hydrogens is 278 g/mol. The number of rotatable bonds is 2. The Kier molecular flexibility index (Phi) is 3.03. The highest BCUT2D eigenvalue weighted by Crippen LogP contribution is 2.40. The van der Waals surface area contributed by atoms with Gasteiger partial charge in [-0.3, -0.25) is 0 Å². The van der Waals surface area contributed by atoms with Crippen LogP contribution in [0.3, 0.4) is 0 Å². The Morgan fingerprint density at radius 3 is 2.86 bits per heavy atom. The van der Waals surface area contributed by atoms with Crippen LogP contribution in [0.25, 0.3) is 5.52 Å². The molecule has 3 rings (SSSR count). The first kappa shape index (κ1) is 13.7. The monoisotopic (exact) mass is 291 g/mol. The summed E-state index contributed by atoms with van der Waals surface area (Å²) in [5, 5.41) is 42.8. The molecule has 1 saturated heterocycles. The number of anilines is 1. The number of hydrogen-bond donors (Lipinski definition) is 4. The largest absolute Gasteiger partial charge is 0.394 e. The van der Waals surface area contributed by atoms with Crippen molar-refractivity contribution in [3.8, 4) is 6.07 Å². The van der Waals surface area contributed by atoms with Gasteiger partial charge in [-0.25, -0.2) is 9.50 Å². The van der Waals surface area contributed by atoms with Crippen molar-refractivity contribution in [2.45, 2.75) is 23.9 Å². The van der Waals surface area contributed by atoms with E-state index in [2.05, 4.69) is 10.1 Å². The van der Waals surface area contributed by atoms with Gasteiger partial charge in [0.25, 0.3) is 0 Å². The van der Waals surface area contributed by atoms with Gasteiger partial charge in [-0.1, -0.05) is 0 Å². The third kappa shape index (κ3) is 1.71. The van der Waals surface area contributed by atoms with Gasteiger partial charge in [-0.05, 0) is 12.1 Å². The maximum absolute atomic E-state index is 10.2. The first-order valence-corrected chi connectivity index (χ1v) is 6.20. The summed E-state index contributed by atoms with van der Waals surface area (Å²) in [6.07, 6.45) is -2.78. The summed E-state index contributed by atoms with van der Waals surface area (Å²) >= 11 is 0. The van der Waals surface area contributed by atoms with Gasteiger partial charge < -0.3 is 25.8 Å². The molecule has 1 fully saturated rings. The van der Waals surface area contributed by atoms with Gasteiger partial charge in [-0.15, -0.1) is 0 Å². The Labute approximate surface area is 118 Å². The third-order valence-corrected chi connectivity index (χ3v) is 3.67. The summed E-state index contributed by atoms with van der Waals surface area (Å²) < 4.78 is 6.75. The van der Waals surface area contributed by atoms with E-state index in [-0.39, 0.29) is 11.5 Å². The molecule has 2 aromatic heterocycles. The molecule has 9 heteroatoms. The molecule has 3 heterocycles. The summed E-state index contributed by atoms with van der Waals surface area (Å²) in [5.74, 6) is 0.205. The van der Waals surface area contributed by atoms with E-state index in [0.717, 1.165) is 0 Å². The molecule has 0 spiro atoms. The molecule has 110 valence electrons. The second-order valence-electron chi connectivity index (χ2n) is 4.78. The molecule has 0 radical (unpaired) electrons. The van der Waals surface area contributed by atoms with Crippen LogP contribution in [0.5, 0.6) is 0 Å². The second kappa shape index (κ2) is 4.64. The second-order valence-corrected chi connectivity index (χ2v) is 4.78. The van der Waals surface area contributed by atoms with Crippen LogP contribution in [-0.2, 0) is 10.3 Å². The number of aliphatic hydroxyl groups is 3. The van der Waals surface area contributed by atoms with Crippen molar-refractivity contribution in [3.63, 3.8) is 0 Å². The van der Waals surface area contributed by atoms with Gasteiger partial charge in [0.2, 0.25) is 5.60 Å². The van der Waals surface area contributed by atoms with Crippen LogP contribution in [0.2, 0.25) is 0 Å². The van der Waals surface area contributed by atoms with Crippen LogP contribution in [-0.4, -0.2) is 54.8 Å². The Bertz CT molecular complexity index is 726. The summed E-state index contributed by atoms with van der Waals surface area (Å²) in [7, 11) is 0. The Morgan fingerprint density at radius 2 is 2.24 bits per heavy atom. The molecule has 21 heavy (non-hydrogen) atoms. The van der Waals surface area contributed by atoms with Crippen molar-refractivity contribution in [1.82, 2.24) is 14.6 Å². The van der Waals surface area contributed by atoms with Crippen molar-refractivity contribution in [2.24, 2.45) is 0 Å². The number of nitrogens with zero attached hydrogens (tertiary/aromatic N) is 4. The highest BCUT2D eigenvalue weighted by molar-refractivity contribution is 5.66. The number of ether oxygens (including phenoxy) is 1. The highest BCUT2D eigenvalue weighted by Gasteiger charge is 2.57. The summed E-state index contributed by atoms with van der Waals surface area (Å²) in [6, 6.07) is 4.97. The molecular formula is C12H13N5O4. The van der Waals surface area contributed by atoms with E-state index in [9.17, 15) is 20.6 Å². The topological polar surface area (TPSA) is 150 Å². The fourth-order valence-electron chi connectivity index (χ4n) is 2.56. The number of nitrogens with two attached hydrogens (primary N) is 1. The molecule has 1 aliphatic heterocycles. The highest BCUT2D eigenvalue weighted by atomic mass is 16.6. The van der Waals surface area contributed by atoms with Crippen LogP contribution in [0.4, 0.5) is 5.82 Å². The minimum Gasteiger partial charge on any atom is -0.394 e. The minimum absolute atomic E-state index is 0.205. The van der Waals surface area contributed by atoms with Crippen molar-refractivity contribution < 1.29 is 20.1 Å². The smallest absolute Gasteiger partial charge is 0.225 e. The van der Waals surface area contributed by atoms with Crippen molar-refractivity contribution in [3.05, 3.63) is 24.2 Å². The first-order valence-electron chi connectivity index (χ1n) is 6.20. The predicted molar refractivity (Wildman–Crippen MR) is 68.7 cm³/mol. The van der Waals surface area contributed by atoms with Gasteiger partial charge in [0.15, 0.2) is 5.82 Å². The lowest BCUT2D eigenvalue weighted by atomic mass is 9.92. The SMILES string of the molecule is N#C[C@]1(c2ccc3c(N)ncnn23)O[C@@H](CO)C(O)C1O. The molecule has 2 aromatic rings. The molecule has 1 aliphatic rings. The first-order chi connectivity index (χ1) is 10.0. The van der Waals surface area contributed by atoms with Gasteiger partial charge >= 0.3 is 0 Å². The van der Waals surface area contributed by atoms with Crippen molar-refractivity contribution in [2.75, 3.05) is 12.3 Å². The lowest BCUT2D eigenvalue weighted by molar-refractivity contribution is -0.0643. The van der Waals surface area contributed by atoms with Gasteiger partial charge in [-0.2, -0.15) is 10.4 Å². The molecule has 0 aromatic carbocycles. The van der Waals surface area contributed by atoms with Gasteiger partial charge in [0.1, 0.15) is 36.2 Å². The zero-order chi connectivity index (χ0) is 15.2. The van der Waals surface area contributed by atoms with E-state index < -0.39 is 30.5 Å². The van der Waals surface area contributed by atoms with E-state index >= 15 is 0 Å². The fourth-order valence-corrected chi connectivity index (χ4v) is 2.56. The number of hydrogen-bond acceptors (Lipinski definition) is 8. The maximum Gasteiger partial charge on any atom is 0.225 e. The molecule has 5 N–H and O–H groups in total. The lowest BCUT2D eigenvalue weighted by Gasteiger charge is -2.24. The zero-order valence-corrected chi connectivity index (χ0v) is 10.8. The Hall–Kier alpha value is -2.25. The molecule has 0 aliphatic carbocycles. The molecule has 4 atom stereocenters. The number of aliphatic hydroxyl groups excluding tert-OH is 3. The van der Waals surface area contributed by atoms with E-state index in [4.69, 9.17) is 10.5 Å². The number of nitriles is 1. The van der Waals surface area contributed by atoms with Gasteiger partial charge in [0.05, 0.1) is 12.3 Å². The number of nitrogen functional groups attached to an aromatic ring is 1. The van der Waals surface area contributed by atoms with E-state index in [1.165, 1.54) is 16.9 Å². The van der Waals surface area contributed by atoms with E-state index in [1.807, 2.05) is 6.07 Å². The molecule has 0 amide bonds. The Morgan fingerprint density at radius 1 is 1.48 bits per heavy atom. The van der Waals surface area contributed by atoms with E-state index in [0.29, 0.717) is 5.52 Å². The van der Waals surface area contributed by atoms with Crippen molar-refractivity contribution >= 4 is 11.3 Å². The minimum atomic E-state index is -1.85. The molecule has 0 bridgehead atoms. The Balaban J connectivity index is 2.20. The normalized spacial score (nSPS) is 32.4. The summed E-state index contributed by atoms with van der Waals surface area (Å²) in [5.41, 5.74) is 4.52. The maximum atomic E-state index is 10.2. The van der Waals surface area contributed by atoms with Crippen molar-refractivity contribution in [1.29, 1.82) is 5.26 Å². The van der Waals surface area contributed by atoms with Gasteiger partial charge in [0, 0.05) is 0 Å². The van der Waals surface area contributed by atoms with Crippen LogP contribution < -0.4 is 5.73 Å². The molecule has 2 unspecified atom stereocenters. The third-order valence-electron chi connectivity index (χ3n) is 3.67. The molecule has 9 nitrogen and oxygen atoms in total. The number of fused-ring (bicyclic) bond motifs is 1. The van der Waals surface area contributed by atoms with Crippen LogP contribution in [0.1, 0.15) is 5.69 Å². The quantitative estimate of drug-likeness (QED) is 0.503. The summed E-state index contributed by atoms with van der Waals surface area (Å²) in [4.78, 5) is 3.83. The predicted octanol–water partition coefficient (Wildman–Crippen LogP) is -1.86. The van der Waals surface area contributed by atoms with Crippen LogP contribution >= 0.6 is 0 Å². The standard InChI is InChI=1S/C12H13N5O4/c13-4-12(10(20)9(19)7(3-18)21-12)8-2-1-6-11(14)15-5-16-17(6)8/h1-2,5,7,9-10,18-20H,3H2,(H2,14,15,16)/t7-,9?,10?,12+/m0/s1. The van der Waals surface area contributed by atoms with Crippen LogP contribution in [0.15, 0.2) is 18.5 Å². The zero-order valence-electron chi connectivity index (χ0n) is 10.8. The average Bonchev–Trinajstić information content (AvgIpc) is 3.03. The van der Waals surface area contributed by atoms with E-state index in [1.54, 1.807) is 6.07 Å². The fraction of sp³-hybridized carbons (Fsp3) is 0.417. The average molecular weight is 291 g/mol. The van der Waals surface area contributed by atoms with Crippen LogP contribution in [0, 0.1) is 11.3 Å². The number of aromatic nitrogens is 3. The summed E-state index contributed by atoms with van der Waals surface area (Å²) in [6.45, 7) is -0.526.